The molecule has 0 radical (unpaired) electrons. The van der Waals surface area contributed by atoms with E-state index in [2.05, 4.69) is 25.6 Å². The van der Waals surface area contributed by atoms with Gasteiger partial charge in [-0.1, -0.05) is 30.3 Å². The predicted molar refractivity (Wildman–Crippen MR) is 119 cm³/mol. The number of nitrogens with one attached hydrogen (secondary N) is 2. The number of carbonyl (C=O) groups excluding carboxylic acids is 1. The summed E-state index contributed by atoms with van der Waals surface area (Å²) >= 11 is 0. The van der Waals surface area contributed by atoms with Gasteiger partial charge in [0.05, 0.1) is 12.9 Å². The number of aromatic nitrogens is 4. The Morgan fingerprint density at radius 1 is 1.14 bits per heavy atom. The molecule has 35 heavy (non-hydrogen) atoms. The molecule has 2 aromatic heterocycles. The van der Waals surface area contributed by atoms with Gasteiger partial charge in [-0.15, -0.1) is 0 Å². The minimum Gasteiger partial charge on any atom is -0.347 e. The molecule has 3 aromatic rings. The van der Waals surface area contributed by atoms with E-state index < -0.39 is 51.3 Å². The fourth-order valence-electron chi connectivity index (χ4n) is 4.07. The number of rotatable bonds is 7. The van der Waals surface area contributed by atoms with E-state index in [9.17, 15) is 9.36 Å². The lowest BCUT2D eigenvalue weighted by molar-refractivity contribution is -0.152. The Morgan fingerprint density at radius 3 is 2.66 bits per heavy atom. The van der Waals surface area contributed by atoms with E-state index in [1.54, 1.807) is 11.5 Å². The Hall–Kier alpha value is -2.97. The standard InChI is InChI=1S/C20H23N6O8P/c1-2-21-20(27)25-16-13-17(23-9-22-16)26(10-24-13)18-15-14(12(32-18)8-31-35(28,29)30)33-19(34-15)11-6-4-3-5-7-11/h3-7,9-10,12,14-15,18-19H,2,8H2,1H3,(H2,28,29,30)(H2,21,22,23,25,27)/t12-,14?,15+,18-,19?/m1/s1. The van der Waals surface area contributed by atoms with Crippen molar-refractivity contribution < 1.29 is 37.9 Å². The average Bonchev–Trinajstić information content (AvgIpc) is 3.52. The van der Waals surface area contributed by atoms with Crippen molar-refractivity contribution in [3.63, 3.8) is 0 Å². The quantitative estimate of drug-likeness (QED) is 0.341. The van der Waals surface area contributed by atoms with Crippen molar-refractivity contribution in [1.82, 2.24) is 24.8 Å². The second kappa shape index (κ2) is 9.59. The summed E-state index contributed by atoms with van der Waals surface area (Å²) in [5.74, 6) is 0.210. The molecule has 2 amide bonds. The number of nitrogens with zero attached hydrogens (tertiary/aromatic N) is 4. The zero-order valence-corrected chi connectivity index (χ0v) is 19.3. The first-order chi connectivity index (χ1) is 16.8. The van der Waals surface area contributed by atoms with Gasteiger partial charge < -0.3 is 29.3 Å². The number of fused-ring (bicyclic) bond motifs is 2. The van der Waals surface area contributed by atoms with E-state index in [4.69, 9.17) is 28.5 Å². The first-order valence-corrected chi connectivity index (χ1v) is 12.3. The summed E-state index contributed by atoms with van der Waals surface area (Å²) in [7, 11) is -4.74. The zero-order valence-electron chi connectivity index (χ0n) is 18.4. The lowest BCUT2D eigenvalue weighted by Gasteiger charge is -2.21. The summed E-state index contributed by atoms with van der Waals surface area (Å²) < 4.78 is 35.9. The average molecular weight is 506 g/mol. The van der Waals surface area contributed by atoms with Crippen molar-refractivity contribution in [3.8, 4) is 0 Å². The Kier molecular flexibility index (Phi) is 6.51. The highest BCUT2D eigenvalue weighted by molar-refractivity contribution is 7.46. The van der Waals surface area contributed by atoms with Gasteiger partial charge in [-0.25, -0.2) is 24.3 Å². The monoisotopic (exact) mass is 506 g/mol. The lowest BCUT2D eigenvalue weighted by atomic mass is 10.1. The van der Waals surface area contributed by atoms with Crippen molar-refractivity contribution in [3.05, 3.63) is 48.5 Å². The van der Waals surface area contributed by atoms with Crippen LogP contribution in [0.3, 0.4) is 0 Å². The van der Waals surface area contributed by atoms with Gasteiger partial charge in [0.1, 0.15) is 24.6 Å². The molecule has 4 N–H and O–H groups in total. The Bertz CT molecular complexity index is 1250. The summed E-state index contributed by atoms with van der Waals surface area (Å²) in [4.78, 5) is 43.0. The number of benzene rings is 1. The van der Waals surface area contributed by atoms with Crippen molar-refractivity contribution >= 4 is 30.8 Å². The molecule has 0 saturated carbocycles. The molecule has 1 aromatic carbocycles. The van der Waals surface area contributed by atoms with Gasteiger partial charge >= 0.3 is 13.9 Å². The third kappa shape index (κ3) is 4.90. The van der Waals surface area contributed by atoms with Crippen LogP contribution in [0.4, 0.5) is 10.6 Å². The summed E-state index contributed by atoms with van der Waals surface area (Å²) in [6.45, 7) is 1.81. The molecule has 2 aliphatic rings. The van der Waals surface area contributed by atoms with E-state index in [-0.39, 0.29) is 5.82 Å². The molecule has 2 aliphatic heterocycles. The second-order valence-electron chi connectivity index (χ2n) is 7.83. The smallest absolute Gasteiger partial charge is 0.347 e. The van der Waals surface area contributed by atoms with Gasteiger partial charge in [0.2, 0.25) is 0 Å². The minimum absolute atomic E-state index is 0.210. The molecule has 5 rings (SSSR count). The third-order valence-electron chi connectivity index (χ3n) is 5.53. The van der Waals surface area contributed by atoms with Crippen LogP contribution in [0.2, 0.25) is 0 Å². The molecule has 0 spiro atoms. The van der Waals surface area contributed by atoms with Crippen LogP contribution in [0.25, 0.3) is 11.2 Å². The number of urea groups is 1. The maximum absolute atomic E-state index is 12.0. The number of imidazole rings is 1. The minimum atomic E-state index is -4.74. The van der Waals surface area contributed by atoms with Crippen LogP contribution < -0.4 is 10.6 Å². The topological polar surface area (TPSA) is 179 Å². The second-order valence-corrected chi connectivity index (χ2v) is 9.07. The molecule has 2 saturated heterocycles. The first kappa shape index (κ1) is 23.8. The van der Waals surface area contributed by atoms with Gasteiger partial charge in [0.25, 0.3) is 0 Å². The maximum Gasteiger partial charge on any atom is 0.469 e. The number of ether oxygens (including phenoxy) is 3. The number of phosphoric acid groups is 1. The normalized spacial score (nSPS) is 26.1. The number of amides is 2. The van der Waals surface area contributed by atoms with Crippen molar-refractivity contribution in [2.24, 2.45) is 0 Å². The van der Waals surface area contributed by atoms with Crippen LogP contribution >= 0.6 is 7.82 Å². The van der Waals surface area contributed by atoms with Gasteiger partial charge in [-0.2, -0.15) is 0 Å². The lowest BCUT2D eigenvalue weighted by Crippen LogP contribution is -2.31. The molecule has 2 unspecified atom stereocenters. The van der Waals surface area contributed by atoms with E-state index >= 15 is 0 Å². The van der Waals surface area contributed by atoms with Gasteiger partial charge in [-0.3, -0.25) is 14.4 Å². The van der Waals surface area contributed by atoms with Crippen LogP contribution in [0.15, 0.2) is 43.0 Å². The molecular weight excluding hydrogens is 483 g/mol. The summed E-state index contributed by atoms with van der Waals surface area (Å²) in [5.41, 5.74) is 1.47. The summed E-state index contributed by atoms with van der Waals surface area (Å²) in [6, 6.07) is 8.83. The van der Waals surface area contributed by atoms with E-state index in [0.717, 1.165) is 5.56 Å². The molecule has 14 nitrogen and oxygen atoms in total. The Balaban J connectivity index is 1.45. The highest BCUT2D eigenvalue weighted by Crippen LogP contribution is 2.46. The van der Waals surface area contributed by atoms with E-state index in [0.29, 0.717) is 17.7 Å². The van der Waals surface area contributed by atoms with Gasteiger partial charge in [0, 0.05) is 12.1 Å². The van der Waals surface area contributed by atoms with E-state index in [1.165, 1.54) is 12.7 Å². The molecule has 15 heteroatoms. The summed E-state index contributed by atoms with van der Waals surface area (Å²) in [6.07, 6.45) is -0.983. The SMILES string of the molecule is CCNC(=O)Nc1ncnc2c1ncn2[C@@H]1O[C@H](COP(=O)(O)O)C2OC(c3ccccc3)O[C@@H]21. The molecule has 5 atom stereocenters. The fraction of sp³-hybridized carbons (Fsp3) is 0.400. The van der Waals surface area contributed by atoms with Crippen LogP contribution in [-0.2, 0) is 23.3 Å². The highest BCUT2D eigenvalue weighted by Gasteiger charge is 2.54. The number of anilines is 1. The Labute approximate surface area is 198 Å². The van der Waals surface area contributed by atoms with Crippen LogP contribution in [0, 0.1) is 0 Å². The largest absolute Gasteiger partial charge is 0.469 e. The fourth-order valence-corrected chi connectivity index (χ4v) is 4.41. The number of phosphoric ester groups is 1. The van der Waals surface area contributed by atoms with Crippen molar-refractivity contribution in [2.75, 3.05) is 18.5 Å². The molecule has 2 fully saturated rings. The molecule has 186 valence electrons. The number of hydrogen-bond donors (Lipinski definition) is 4. The van der Waals surface area contributed by atoms with Crippen molar-refractivity contribution in [2.45, 2.75) is 37.8 Å². The first-order valence-electron chi connectivity index (χ1n) is 10.8. The summed E-state index contributed by atoms with van der Waals surface area (Å²) in [5, 5.41) is 5.25. The van der Waals surface area contributed by atoms with Gasteiger partial charge in [-0.05, 0) is 6.92 Å². The molecule has 0 aliphatic carbocycles. The molecule has 0 bridgehead atoms. The van der Waals surface area contributed by atoms with Gasteiger partial charge in [0.15, 0.2) is 29.5 Å². The van der Waals surface area contributed by atoms with Crippen LogP contribution in [0.5, 0.6) is 0 Å². The number of carbonyl (C=O) groups is 1. The zero-order chi connectivity index (χ0) is 24.6. The van der Waals surface area contributed by atoms with Crippen LogP contribution in [-0.4, -0.2) is 66.8 Å². The number of hydrogen-bond acceptors (Lipinski definition) is 9. The van der Waals surface area contributed by atoms with E-state index in [1.807, 2.05) is 30.3 Å². The maximum atomic E-state index is 12.0. The van der Waals surface area contributed by atoms with Crippen LogP contribution in [0.1, 0.15) is 25.0 Å². The Morgan fingerprint density at radius 2 is 1.91 bits per heavy atom. The predicted octanol–water partition coefficient (Wildman–Crippen LogP) is 1.46. The van der Waals surface area contributed by atoms with Crippen molar-refractivity contribution in [1.29, 1.82) is 0 Å². The molecule has 4 heterocycles. The highest BCUT2D eigenvalue weighted by atomic mass is 31.2. The third-order valence-corrected chi connectivity index (χ3v) is 6.01. The molecular formula is C20H23N6O8P.